The number of ether oxygens (including phenoxy) is 2. The van der Waals surface area contributed by atoms with Gasteiger partial charge in [0.2, 0.25) is 0 Å². The van der Waals surface area contributed by atoms with Crippen molar-refractivity contribution in [3.8, 4) is 11.5 Å². The lowest BCUT2D eigenvalue weighted by atomic mass is 10.0. The molecule has 0 saturated heterocycles. The summed E-state index contributed by atoms with van der Waals surface area (Å²) < 4.78 is 10.9. The van der Waals surface area contributed by atoms with E-state index in [1.54, 1.807) is 13.2 Å². The van der Waals surface area contributed by atoms with Crippen molar-refractivity contribution in [2.24, 2.45) is 0 Å². The molecule has 6 heteroatoms. The van der Waals surface area contributed by atoms with Gasteiger partial charge in [-0.3, -0.25) is 9.59 Å². The highest BCUT2D eigenvalue weighted by atomic mass is 16.5. The highest BCUT2D eigenvalue weighted by Gasteiger charge is 2.17. The second kappa shape index (κ2) is 10.8. The van der Waals surface area contributed by atoms with Crippen LogP contribution in [-0.2, 0) is 9.59 Å². The number of nitrogens with one attached hydrogen (secondary N) is 1. The summed E-state index contributed by atoms with van der Waals surface area (Å²) in [5.41, 5.74) is 1.82. The summed E-state index contributed by atoms with van der Waals surface area (Å²) in [4.78, 5) is 23.3. The van der Waals surface area contributed by atoms with Crippen molar-refractivity contribution in [3.05, 3.63) is 65.7 Å². The average molecular weight is 383 g/mol. The molecule has 0 aliphatic rings. The molecule has 0 radical (unpaired) electrons. The Hall–Kier alpha value is -3.28. The Morgan fingerprint density at radius 3 is 2.54 bits per heavy atom. The number of hydrogen-bond acceptors (Lipinski definition) is 4. The molecule has 2 aromatic rings. The van der Waals surface area contributed by atoms with Gasteiger partial charge in [-0.05, 0) is 36.6 Å². The molecule has 0 aliphatic carbocycles. The van der Waals surface area contributed by atoms with Crippen molar-refractivity contribution in [2.75, 3.05) is 13.7 Å². The molecule has 2 rings (SSSR count). The molecule has 0 fully saturated rings. The molecule has 1 amide bonds. The fraction of sp³-hybridized carbons (Fsp3) is 0.273. The maximum absolute atomic E-state index is 12.4. The zero-order valence-corrected chi connectivity index (χ0v) is 16.1. The highest BCUT2D eigenvalue weighted by Crippen LogP contribution is 2.28. The van der Waals surface area contributed by atoms with E-state index >= 15 is 0 Å². The van der Waals surface area contributed by atoms with Crippen LogP contribution in [0.3, 0.4) is 0 Å². The molecule has 28 heavy (non-hydrogen) atoms. The first-order chi connectivity index (χ1) is 13.5. The number of aliphatic carboxylic acids is 1. The van der Waals surface area contributed by atoms with Crippen LogP contribution in [0.25, 0.3) is 6.08 Å². The van der Waals surface area contributed by atoms with Gasteiger partial charge in [0.25, 0.3) is 5.91 Å². The molecule has 0 aromatic heterocycles. The van der Waals surface area contributed by atoms with Gasteiger partial charge in [0.15, 0.2) is 18.1 Å². The molecule has 0 bridgehead atoms. The Morgan fingerprint density at radius 2 is 1.89 bits per heavy atom. The maximum Gasteiger partial charge on any atom is 0.303 e. The number of methoxy groups -OCH3 is 1. The van der Waals surface area contributed by atoms with Crippen LogP contribution in [-0.4, -0.2) is 30.7 Å². The van der Waals surface area contributed by atoms with Crippen LogP contribution < -0.4 is 14.8 Å². The van der Waals surface area contributed by atoms with Crippen LogP contribution in [0.5, 0.6) is 11.5 Å². The minimum Gasteiger partial charge on any atom is -0.493 e. The molecular weight excluding hydrogens is 358 g/mol. The summed E-state index contributed by atoms with van der Waals surface area (Å²) in [6.07, 6.45) is 4.11. The zero-order chi connectivity index (χ0) is 20.4. The molecule has 0 heterocycles. The molecule has 6 nitrogen and oxygen atoms in total. The van der Waals surface area contributed by atoms with Crippen molar-refractivity contribution in [1.82, 2.24) is 5.32 Å². The van der Waals surface area contributed by atoms with E-state index in [-0.39, 0.29) is 18.9 Å². The number of hydrogen-bond donors (Lipinski definition) is 2. The number of benzene rings is 2. The second-order valence-electron chi connectivity index (χ2n) is 6.16. The van der Waals surface area contributed by atoms with E-state index < -0.39 is 12.0 Å². The molecule has 1 atom stereocenters. The summed E-state index contributed by atoms with van der Waals surface area (Å²) in [6.45, 7) is 1.73. The van der Waals surface area contributed by atoms with Crippen LogP contribution in [0.2, 0.25) is 0 Å². The average Bonchev–Trinajstić information content (AvgIpc) is 2.70. The minimum absolute atomic E-state index is 0.0407. The third kappa shape index (κ3) is 6.46. The van der Waals surface area contributed by atoms with Crippen LogP contribution in [0.1, 0.15) is 36.9 Å². The summed E-state index contributed by atoms with van der Waals surface area (Å²) in [5, 5.41) is 11.8. The summed E-state index contributed by atoms with van der Waals surface area (Å²) in [7, 11) is 1.54. The molecule has 0 saturated carbocycles. The number of carbonyl (C=O) groups excluding carboxylic acids is 1. The molecule has 0 spiro atoms. The first-order valence-electron chi connectivity index (χ1n) is 9.03. The van der Waals surface area contributed by atoms with E-state index in [1.165, 1.54) is 0 Å². The monoisotopic (exact) mass is 383 g/mol. The lowest BCUT2D eigenvalue weighted by Gasteiger charge is -2.19. The highest BCUT2D eigenvalue weighted by molar-refractivity contribution is 5.78. The Bertz CT molecular complexity index is 817. The molecule has 1 unspecified atom stereocenters. The lowest BCUT2D eigenvalue weighted by molar-refractivity contribution is -0.137. The Kier molecular flexibility index (Phi) is 8.09. The van der Waals surface area contributed by atoms with Gasteiger partial charge in [0, 0.05) is 6.42 Å². The van der Waals surface area contributed by atoms with Gasteiger partial charge in [-0.2, -0.15) is 0 Å². The number of carboxylic acids is 1. The number of amides is 1. The zero-order valence-electron chi connectivity index (χ0n) is 16.1. The molecule has 0 aliphatic heterocycles. The number of carbonyl (C=O) groups is 2. The first kappa shape index (κ1) is 21.0. The van der Waals surface area contributed by atoms with Crippen LogP contribution in [0.4, 0.5) is 0 Å². The fourth-order valence-corrected chi connectivity index (χ4v) is 2.75. The Balaban J connectivity index is 2.01. The van der Waals surface area contributed by atoms with Gasteiger partial charge in [-0.25, -0.2) is 0 Å². The summed E-state index contributed by atoms with van der Waals surface area (Å²) in [5.74, 6) is -0.238. The fourth-order valence-electron chi connectivity index (χ4n) is 2.75. The van der Waals surface area contributed by atoms with Crippen molar-refractivity contribution in [1.29, 1.82) is 0 Å². The predicted molar refractivity (Wildman–Crippen MR) is 107 cm³/mol. The van der Waals surface area contributed by atoms with E-state index in [9.17, 15) is 9.59 Å². The van der Waals surface area contributed by atoms with Crippen molar-refractivity contribution in [2.45, 2.75) is 25.8 Å². The quantitative estimate of drug-likeness (QED) is 0.651. The Morgan fingerprint density at radius 1 is 1.14 bits per heavy atom. The molecule has 2 N–H and O–H groups in total. The van der Waals surface area contributed by atoms with Gasteiger partial charge in [0.1, 0.15) is 0 Å². The molecular formula is C22H25NO5. The number of allylic oxidation sites excluding steroid dienone is 1. The van der Waals surface area contributed by atoms with Gasteiger partial charge < -0.3 is 19.9 Å². The predicted octanol–water partition coefficient (Wildman–Crippen LogP) is 3.83. The topological polar surface area (TPSA) is 84.9 Å². The van der Waals surface area contributed by atoms with Crippen LogP contribution >= 0.6 is 0 Å². The van der Waals surface area contributed by atoms with E-state index in [0.29, 0.717) is 17.9 Å². The third-order valence-corrected chi connectivity index (χ3v) is 4.09. The van der Waals surface area contributed by atoms with Gasteiger partial charge in [0.05, 0.1) is 13.2 Å². The molecule has 2 aromatic carbocycles. The van der Waals surface area contributed by atoms with Crippen LogP contribution in [0.15, 0.2) is 54.6 Å². The minimum atomic E-state index is -0.905. The van der Waals surface area contributed by atoms with E-state index in [0.717, 1.165) is 11.1 Å². The van der Waals surface area contributed by atoms with Gasteiger partial charge >= 0.3 is 5.97 Å². The van der Waals surface area contributed by atoms with Crippen LogP contribution in [0, 0.1) is 0 Å². The van der Waals surface area contributed by atoms with E-state index in [1.807, 2.05) is 61.5 Å². The lowest BCUT2D eigenvalue weighted by Crippen LogP contribution is -2.33. The van der Waals surface area contributed by atoms with Crippen molar-refractivity contribution >= 4 is 18.0 Å². The number of carboxylic acid groups (broad SMARTS) is 1. The van der Waals surface area contributed by atoms with Gasteiger partial charge in [-0.1, -0.05) is 48.6 Å². The van der Waals surface area contributed by atoms with Crippen molar-refractivity contribution in [3.63, 3.8) is 0 Å². The van der Waals surface area contributed by atoms with Crippen molar-refractivity contribution < 1.29 is 24.2 Å². The summed E-state index contributed by atoms with van der Waals surface area (Å²) >= 11 is 0. The normalized spacial score (nSPS) is 11.8. The SMILES string of the molecule is C/C=C/c1ccc(OCC(=O)NC(CCC(=O)O)c2ccccc2)c(OC)c1. The Labute approximate surface area is 164 Å². The molecule has 148 valence electrons. The van der Waals surface area contributed by atoms with E-state index in [2.05, 4.69) is 5.32 Å². The standard InChI is InChI=1S/C22H25NO5/c1-3-7-16-10-12-19(20(14-16)27-2)28-15-21(24)23-18(11-13-22(25)26)17-8-5-4-6-9-17/h3-10,12,14,18H,11,13,15H2,1-2H3,(H,23,24)(H,25,26)/b7-3+. The van der Waals surface area contributed by atoms with E-state index in [4.69, 9.17) is 14.6 Å². The number of rotatable bonds is 10. The third-order valence-electron chi connectivity index (χ3n) is 4.09. The van der Waals surface area contributed by atoms with Gasteiger partial charge in [-0.15, -0.1) is 0 Å². The maximum atomic E-state index is 12.4. The first-order valence-corrected chi connectivity index (χ1v) is 9.03. The summed E-state index contributed by atoms with van der Waals surface area (Å²) in [6, 6.07) is 14.3. The smallest absolute Gasteiger partial charge is 0.303 e. The largest absolute Gasteiger partial charge is 0.493 e. The second-order valence-corrected chi connectivity index (χ2v) is 6.16.